The second-order valence-electron chi connectivity index (χ2n) is 4.26. The van der Waals surface area contributed by atoms with E-state index in [1.165, 1.54) is 0 Å². The Hall–Kier alpha value is -1.81. The third kappa shape index (κ3) is 2.71. The molecule has 4 nitrogen and oxygen atoms in total. The molecule has 2 rings (SSSR count). The molecule has 96 valence electrons. The second kappa shape index (κ2) is 5.69. The smallest absolute Gasteiger partial charge is 0.250 e. The van der Waals surface area contributed by atoms with Crippen LogP contribution in [0.1, 0.15) is 18.9 Å². The number of carbonyl (C=O) groups excluding carboxylic acids is 1. The van der Waals surface area contributed by atoms with Crippen molar-refractivity contribution in [3.05, 3.63) is 35.4 Å². The Labute approximate surface area is 106 Å². The highest BCUT2D eigenvalue weighted by atomic mass is 16.5. The lowest BCUT2D eigenvalue weighted by Gasteiger charge is -2.20. The number of ether oxygens (including phenoxy) is 1. The normalized spacial score (nSPS) is 15.1. The predicted molar refractivity (Wildman–Crippen MR) is 69.2 cm³/mol. The number of amides is 1. The molecule has 1 amide bonds. The number of rotatable bonds is 4. The van der Waals surface area contributed by atoms with Crippen LogP contribution in [-0.4, -0.2) is 30.3 Å². The summed E-state index contributed by atoms with van der Waals surface area (Å²) in [7, 11) is 0. The Morgan fingerprint density at radius 2 is 2.28 bits per heavy atom. The average molecular weight is 247 g/mol. The third-order valence-corrected chi connectivity index (χ3v) is 2.97. The molecule has 0 fully saturated rings. The summed E-state index contributed by atoms with van der Waals surface area (Å²) >= 11 is 0. The fourth-order valence-electron chi connectivity index (χ4n) is 1.80. The first-order chi connectivity index (χ1) is 8.74. The summed E-state index contributed by atoms with van der Waals surface area (Å²) in [6.45, 7) is 2.14. The van der Waals surface area contributed by atoms with Crippen LogP contribution < -0.4 is 10.1 Å². The zero-order valence-corrected chi connectivity index (χ0v) is 10.3. The maximum atomic E-state index is 12.0. The summed E-state index contributed by atoms with van der Waals surface area (Å²) in [6, 6.07) is 7.39. The van der Waals surface area contributed by atoms with Gasteiger partial charge in [0.1, 0.15) is 12.4 Å². The highest BCUT2D eigenvalue weighted by Crippen LogP contribution is 2.25. The standard InChI is InChI=1S/C14H17NO3/c1-2-12(8-16)15-14(17)11-7-10-5-3-4-6-13(10)18-9-11/h3-7,12,16H,2,8-9H2,1H3,(H,15,17). The number of nitrogens with one attached hydrogen (secondary N) is 1. The molecular weight excluding hydrogens is 230 g/mol. The van der Waals surface area contributed by atoms with Crippen LogP contribution in [0.5, 0.6) is 5.75 Å². The first kappa shape index (κ1) is 12.6. The van der Waals surface area contributed by atoms with E-state index < -0.39 is 0 Å². The molecular formula is C14H17NO3. The van der Waals surface area contributed by atoms with E-state index in [0.717, 1.165) is 11.3 Å². The Morgan fingerprint density at radius 3 is 3.00 bits per heavy atom. The molecule has 18 heavy (non-hydrogen) atoms. The van der Waals surface area contributed by atoms with Gasteiger partial charge in [-0.25, -0.2) is 0 Å². The molecule has 1 atom stereocenters. The number of hydrogen-bond donors (Lipinski definition) is 2. The van der Waals surface area contributed by atoms with E-state index in [2.05, 4.69) is 5.32 Å². The third-order valence-electron chi connectivity index (χ3n) is 2.97. The Kier molecular flexibility index (Phi) is 3.99. The molecule has 1 unspecified atom stereocenters. The molecule has 0 saturated heterocycles. The summed E-state index contributed by atoms with van der Waals surface area (Å²) in [5, 5.41) is 11.8. The van der Waals surface area contributed by atoms with Crippen molar-refractivity contribution in [2.75, 3.05) is 13.2 Å². The van der Waals surface area contributed by atoms with Gasteiger partial charge in [-0.05, 0) is 18.6 Å². The molecule has 1 aromatic carbocycles. The minimum Gasteiger partial charge on any atom is -0.488 e. The van der Waals surface area contributed by atoms with E-state index in [-0.39, 0.29) is 25.2 Å². The molecule has 1 aromatic rings. The quantitative estimate of drug-likeness (QED) is 0.844. The van der Waals surface area contributed by atoms with E-state index >= 15 is 0 Å². The van der Waals surface area contributed by atoms with Gasteiger partial charge in [-0.15, -0.1) is 0 Å². The van der Waals surface area contributed by atoms with E-state index in [9.17, 15) is 4.79 Å². The molecule has 0 radical (unpaired) electrons. The highest BCUT2D eigenvalue weighted by molar-refractivity contribution is 5.99. The molecule has 2 N–H and O–H groups in total. The SMILES string of the molecule is CCC(CO)NC(=O)C1=Cc2ccccc2OC1. The summed E-state index contributed by atoms with van der Waals surface area (Å²) in [5.41, 5.74) is 1.49. The van der Waals surface area contributed by atoms with Gasteiger partial charge in [0.25, 0.3) is 5.91 Å². The van der Waals surface area contributed by atoms with E-state index in [1.807, 2.05) is 37.3 Å². The van der Waals surface area contributed by atoms with Gasteiger partial charge in [0.15, 0.2) is 0 Å². The number of aliphatic hydroxyl groups excluding tert-OH is 1. The zero-order chi connectivity index (χ0) is 13.0. The maximum Gasteiger partial charge on any atom is 0.250 e. The Balaban J connectivity index is 2.11. The number of para-hydroxylation sites is 1. The molecule has 4 heteroatoms. The number of aliphatic hydroxyl groups is 1. The largest absolute Gasteiger partial charge is 0.488 e. The summed E-state index contributed by atoms with van der Waals surface area (Å²) in [4.78, 5) is 12.0. The number of hydrogen-bond acceptors (Lipinski definition) is 3. The van der Waals surface area contributed by atoms with Gasteiger partial charge < -0.3 is 15.2 Å². The van der Waals surface area contributed by atoms with Crippen LogP contribution in [0, 0.1) is 0 Å². The van der Waals surface area contributed by atoms with Crippen molar-refractivity contribution < 1.29 is 14.6 Å². The van der Waals surface area contributed by atoms with Gasteiger partial charge in [-0.1, -0.05) is 25.1 Å². The summed E-state index contributed by atoms with van der Waals surface area (Å²) in [5.74, 6) is 0.619. The van der Waals surface area contributed by atoms with Gasteiger partial charge in [0.05, 0.1) is 18.2 Å². The van der Waals surface area contributed by atoms with Crippen molar-refractivity contribution in [1.29, 1.82) is 0 Å². The molecule has 1 aliphatic heterocycles. The Morgan fingerprint density at radius 1 is 1.50 bits per heavy atom. The van der Waals surface area contributed by atoms with Crippen LogP contribution in [0.3, 0.4) is 0 Å². The molecule has 0 spiro atoms. The van der Waals surface area contributed by atoms with Crippen molar-refractivity contribution in [2.24, 2.45) is 0 Å². The van der Waals surface area contributed by atoms with Gasteiger partial charge in [-0.3, -0.25) is 4.79 Å². The van der Waals surface area contributed by atoms with Gasteiger partial charge in [0, 0.05) is 5.56 Å². The lowest BCUT2D eigenvalue weighted by molar-refractivity contribution is -0.118. The molecule has 1 aliphatic rings. The lowest BCUT2D eigenvalue weighted by Crippen LogP contribution is -2.39. The van der Waals surface area contributed by atoms with E-state index in [4.69, 9.17) is 9.84 Å². The predicted octanol–water partition coefficient (Wildman–Crippen LogP) is 1.35. The fourth-order valence-corrected chi connectivity index (χ4v) is 1.80. The van der Waals surface area contributed by atoms with Gasteiger partial charge in [0.2, 0.25) is 0 Å². The minimum atomic E-state index is -0.199. The first-order valence-corrected chi connectivity index (χ1v) is 6.08. The molecule has 0 aromatic heterocycles. The van der Waals surface area contributed by atoms with Gasteiger partial charge >= 0.3 is 0 Å². The van der Waals surface area contributed by atoms with E-state index in [1.54, 1.807) is 0 Å². The average Bonchev–Trinajstić information content (AvgIpc) is 2.44. The molecule has 0 saturated carbocycles. The van der Waals surface area contributed by atoms with Crippen molar-refractivity contribution in [2.45, 2.75) is 19.4 Å². The second-order valence-corrected chi connectivity index (χ2v) is 4.26. The number of fused-ring (bicyclic) bond motifs is 1. The van der Waals surface area contributed by atoms with Crippen LogP contribution in [0.2, 0.25) is 0 Å². The lowest BCUT2D eigenvalue weighted by atomic mass is 10.1. The van der Waals surface area contributed by atoms with Crippen molar-refractivity contribution >= 4 is 12.0 Å². The van der Waals surface area contributed by atoms with Crippen LogP contribution >= 0.6 is 0 Å². The molecule has 0 aliphatic carbocycles. The first-order valence-electron chi connectivity index (χ1n) is 6.08. The minimum absolute atomic E-state index is 0.0486. The summed E-state index contributed by atoms with van der Waals surface area (Å²) < 4.78 is 5.51. The van der Waals surface area contributed by atoms with Crippen LogP contribution in [-0.2, 0) is 4.79 Å². The van der Waals surface area contributed by atoms with Crippen LogP contribution in [0.4, 0.5) is 0 Å². The fraction of sp³-hybridized carbons (Fsp3) is 0.357. The Bertz CT molecular complexity index is 464. The topological polar surface area (TPSA) is 58.6 Å². The van der Waals surface area contributed by atoms with Crippen molar-refractivity contribution in [1.82, 2.24) is 5.32 Å². The summed E-state index contributed by atoms with van der Waals surface area (Å²) in [6.07, 6.45) is 2.53. The maximum absolute atomic E-state index is 12.0. The van der Waals surface area contributed by atoms with Crippen molar-refractivity contribution in [3.63, 3.8) is 0 Å². The van der Waals surface area contributed by atoms with Crippen LogP contribution in [0.15, 0.2) is 29.8 Å². The van der Waals surface area contributed by atoms with Gasteiger partial charge in [-0.2, -0.15) is 0 Å². The van der Waals surface area contributed by atoms with E-state index in [0.29, 0.717) is 12.0 Å². The number of benzene rings is 1. The van der Waals surface area contributed by atoms with Crippen molar-refractivity contribution in [3.8, 4) is 5.75 Å². The van der Waals surface area contributed by atoms with Crippen LogP contribution in [0.25, 0.3) is 6.08 Å². The monoisotopic (exact) mass is 247 g/mol. The zero-order valence-electron chi connectivity index (χ0n) is 10.3. The highest BCUT2D eigenvalue weighted by Gasteiger charge is 2.18. The number of carbonyl (C=O) groups is 1. The molecule has 0 bridgehead atoms. The molecule has 1 heterocycles.